The average molecular weight is 369 g/mol. The Morgan fingerprint density at radius 2 is 1.50 bits per heavy atom. The number of aryl methyl sites for hydroxylation is 1. The van der Waals surface area contributed by atoms with Crippen molar-refractivity contribution in [3.05, 3.63) is 102 Å². The van der Waals surface area contributed by atoms with E-state index in [-0.39, 0.29) is 6.03 Å². The van der Waals surface area contributed by atoms with Gasteiger partial charge in [0.1, 0.15) is 0 Å². The van der Waals surface area contributed by atoms with Gasteiger partial charge in [0.25, 0.3) is 0 Å². The number of anilines is 1. The summed E-state index contributed by atoms with van der Waals surface area (Å²) in [6.45, 7) is 1.08. The molecule has 0 spiro atoms. The van der Waals surface area contributed by atoms with E-state index in [4.69, 9.17) is 0 Å². The van der Waals surface area contributed by atoms with Gasteiger partial charge >= 0.3 is 6.03 Å². The molecular weight excluding hydrogens is 346 g/mol. The number of hydrogen-bond acceptors (Lipinski definition) is 1. The second-order valence-electron chi connectivity index (χ2n) is 6.92. The molecule has 1 heterocycles. The SMILES string of the molecule is Cn1cc(CN(Cc2ccccc2)C(=O)Nc2ccccc2)c2ccccc21. The van der Waals surface area contributed by atoms with Gasteiger partial charge < -0.3 is 14.8 Å². The lowest BCUT2D eigenvalue weighted by atomic mass is 10.1. The summed E-state index contributed by atoms with van der Waals surface area (Å²) >= 11 is 0. The number of carbonyl (C=O) groups excluding carboxylic acids is 1. The van der Waals surface area contributed by atoms with Crippen molar-refractivity contribution in [2.75, 3.05) is 5.32 Å². The van der Waals surface area contributed by atoms with E-state index in [9.17, 15) is 4.79 Å². The number of urea groups is 1. The standard InChI is InChI=1S/C24H23N3O/c1-26-17-20(22-14-8-9-15-23(22)26)18-27(16-19-10-4-2-5-11-19)24(28)25-21-12-6-3-7-13-21/h2-15,17H,16,18H2,1H3,(H,25,28). The number of fused-ring (bicyclic) bond motifs is 1. The molecule has 0 aliphatic rings. The molecule has 4 rings (SSSR count). The van der Waals surface area contributed by atoms with Crippen LogP contribution in [0, 0.1) is 0 Å². The summed E-state index contributed by atoms with van der Waals surface area (Å²) in [7, 11) is 2.04. The normalized spacial score (nSPS) is 10.8. The number of aromatic nitrogens is 1. The molecule has 0 saturated heterocycles. The summed E-state index contributed by atoms with van der Waals surface area (Å²) in [5, 5.41) is 4.19. The van der Waals surface area contributed by atoms with E-state index in [0.717, 1.165) is 16.8 Å². The molecule has 0 atom stereocenters. The van der Waals surface area contributed by atoms with E-state index < -0.39 is 0 Å². The first-order valence-corrected chi connectivity index (χ1v) is 9.38. The van der Waals surface area contributed by atoms with Crippen molar-refractivity contribution in [2.45, 2.75) is 13.1 Å². The fraction of sp³-hybridized carbons (Fsp3) is 0.125. The number of hydrogen-bond donors (Lipinski definition) is 1. The number of benzene rings is 3. The summed E-state index contributed by atoms with van der Waals surface area (Å²) in [4.78, 5) is 14.9. The second kappa shape index (κ2) is 8.01. The molecule has 0 aliphatic heterocycles. The van der Waals surface area contributed by atoms with Crippen LogP contribution in [0.25, 0.3) is 10.9 Å². The highest BCUT2D eigenvalue weighted by Crippen LogP contribution is 2.23. The Balaban J connectivity index is 1.63. The Morgan fingerprint density at radius 3 is 2.25 bits per heavy atom. The van der Waals surface area contributed by atoms with Crippen molar-refractivity contribution in [1.29, 1.82) is 0 Å². The molecule has 140 valence electrons. The Kier molecular flexibility index (Phi) is 5.11. The van der Waals surface area contributed by atoms with E-state index in [1.807, 2.05) is 84.7 Å². The third-order valence-electron chi connectivity index (χ3n) is 4.87. The topological polar surface area (TPSA) is 37.3 Å². The minimum Gasteiger partial charge on any atom is -0.350 e. The lowest BCUT2D eigenvalue weighted by Crippen LogP contribution is -2.34. The van der Waals surface area contributed by atoms with Crippen LogP contribution in [0.15, 0.2) is 91.1 Å². The molecule has 0 fully saturated rings. The third kappa shape index (κ3) is 3.91. The van der Waals surface area contributed by atoms with Gasteiger partial charge in [0, 0.05) is 42.9 Å². The van der Waals surface area contributed by atoms with Crippen LogP contribution in [0.2, 0.25) is 0 Å². The van der Waals surface area contributed by atoms with Crippen molar-refractivity contribution >= 4 is 22.6 Å². The van der Waals surface area contributed by atoms with Gasteiger partial charge in [-0.25, -0.2) is 4.79 Å². The number of carbonyl (C=O) groups is 1. The van der Waals surface area contributed by atoms with Gasteiger partial charge in [-0.3, -0.25) is 0 Å². The van der Waals surface area contributed by atoms with Crippen molar-refractivity contribution in [1.82, 2.24) is 9.47 Å². The largest absolute Gasteiger partial charge is 0.350 e. The van der Waals surface area contributed by atoms with Gasteiger partial charge in [0.15, 0.2) is 0 Å². The molecule has 0 bridgehead atoms. The molecule has 3 aromatic carbocycles. The first-order chi connectivity index (χ1) is 13.7. The summed E-state index contributed by atoms with van der Waals surface area (Å²) < 4.78 is 2.11. The van der Waals surface area contributed by atoms with Gasteiger partial charge in [-0.2, -0.15) is 0 Å². The van der Waals surface area contributed by atoms with Crippen LogP contribution in [0.1, 0.15) is 11.1 Å². The summed E-state index contributed by atoms with van der Waals surface area (Å²) in [6.07, 6.45) is 2.11. The highest BCUT2D eigenvalue weighted by molar-refractivity contribution is 5.90. The highest BCUT2D eigenvalue weighted by Gasteiger charge is 2.17. The number of rotatable bonds is 5. The predicted octanol–water partition coefficient (Wildman–Crippen LogP) is 5.41. The van der Waals surface area contributed by atoms with Crippen molar-refractivity contribution < 1.29 is 4.79 Å². The number of nitrogens with one attached hydrogen (secondary N) is 1. The molecule has 2 amide bonds. The van der Waals surface area contributed by atoms with Crippen molar-refractivity contribution in [2.24, 2.45) is 7.05 Å². The van der Waals surface area contributed by atoms with Gasteiger partial charge in [-0.1, -0.05) is 66.7 Å². The van der Waals surface area contributed by atoms with Crippen LogP contribution in [0.4, 0.5) is 10.5 Å². The van der Waals surface area contributed by atoms with Gasteiger partial charge in [-0.15, -0.1) is 0 Å². The van der Waals surface area contributed by atoms with Crippen molar-refractivity contribution in [3.8, 4) is 0 Å². The minimum absolute atomic E-state index is 0.108. The van der Waals surface area contributed by atoms with E-state index in [2.05, 4.69) is 28.2 Å². The maximum absolute atomic E-state index is 13.1. The molecule has 4 aromatic rings. The summed E-state index contributed by atoms with van der Waals surface area (Å²) in [5.41, 5.74) is 4.20. The third-order valence-corrected chi connectivity index (χ3v) is 4.87. The smallest absolute Gasteiger partial charge is 0.322 e. The highest BCUT2D eigenvalue weighted by atomic mass is 16.2. The van der Waals surface area contributed by atoms with Crippen LogP contribution in [0.3, 0.4) is 0 Å². The maximum Gasteiger partial charge on any atom is 0.322 e. The summed E-state index contributed by atoms with van der Waals surface area (Å²) in [6, 6.07) is 27.8. The average Bonchev–Trinajstić information content (AvgIpc) is 3.05. The zero-order valence-corrected chi connectivity index (χ0v) is 15.9. The molecule has 1 aromatic heterocycles. The Bertz CT molecular complexity index is 1070. The molecule has 0 saturated carbocycles. The molecular formula is C24H23N3O. The van der Waals surface area contributed by atoms with Crippen LogP contribution in [0.5, 0.6) is 0 Å². The van der Waals surface area contributed by atoms with Crippen LogP contribution in [-0.4, -0.2) is 15.5 Å². The second-order valence-corrected chi connectivity index (χ2v) is 6.92. The quantitative estimate of drug-likeness (QED) is 0.502. The number of para-hydroxylation sites is 2. The summed E-state index contributed by atoms with van der Waals surface area (Å²) in [5.74, 6) is 0. The molecule has 1 N–H and O–H groups in total. The molecule has 0 radical (unpaired) electrons. The molecule has 0 unspecified atom stereocenters. The molecule has 4 heteroatoms. The van der Waals surface area contributed by atoms with Gasteiger partial charge in [0.2, 0.25) is 0 Å². The molecule has 4 nitrogen and oxygen atoms in total. The Labute approximate surface area is 165 Å². The van der Waals surface area contributed by atoms with Gasteiger partial charge in [0.05, 0.1) is 0 Å². The Hall–Kier alpha value is -3.53. The lowest BCUT2D eigenvalue weighted by molar-refractivity contribution is 0.206. The minimum atomic E-state index is -0.108. The number of amides is 2. The zero-order chi connectivity index (χ0) is 19.3. The van der Waals surface area contributed by atoms with Gasteiger partial charge in [-0.05, 0) is 29.3 Å². The van der Waals surface area contributed by atoms with Crippen LogP contribution in [-0.2, 0) is 20.1 Å². The number of nitrogens with zero attached hydrogens (tertiary/aromatic N) is 2. The van der Waals surface area contributed by atoms with E-state index in [0.29, 0.717) is 13.1 Å². The predicted molar refractivity (Wildman–Crippen MR) is 114 cm³/mol. The Morgan fingerprint density at radius 1 is 0.857 bits per heavy atom. The van der Waals surface area contributed by atoms with E-state index >= 15 is 0 Å². The first-order valence-electron chi connectivity index (χ1n) is 9.38. The zero-order valence-electron chi connectivity index (χ0n) is 15.9. The monoisotopic (exact) mass is 369 g/mol. The molecule has 0 aliphatic carbocycles. The fourth-order valence-electron chi connectivity index (χ4n) is 3.48. The first kappa shape index (κ1) is 17.9. The van der Waals surface area contributed by atoms with Crippen molar-refractivity contribution in [3.63, 3.8) is 0 Å². The maximum atomic E-state index is 13.1. The van der Waals surface area contributed by atoms with E-state index in [1.54, 1.807) is 0 Å². The lowest BCUT2D eigenvalue weighted by Gasteiger charge is -2.23. The fourth-order valence-corrected chi connectivity index (χ4v) is 3.48. The van der Waals surface area contributed by atoms with Crippen LogP contribution < -0.4 is 5.32 Å². The van der Waals surface area contributed by atoms with E-state index in [1.165, 1.54) is 10.9 Å². The van der Waals surface area contributed by atoms with Crippen LogP contribution >= 0.6 is 0 Å². The molecule has 28 heavy (non-hydrogen) atoms.